The number of fused-ring (bicyclic) bond motifs is 2. The highest BCUT2D eigenvalue weighted by molar-refractivity contribution is 5.86. The summed E-state index contributed by atoms with van der Waals surface area (Å²) in [4.78, 5) is 23.6. The normalized spacial score (nSPS) is 37.3. The summed E-state index contributed by atoms with van der Waals surface area (Å²) >= 11 is 0. The van der Waals surface area contributed by atoms with Crippen molar-refractivity contribution in [2.45, 2.75) is 26.2 Å². The van der Waals surface area contributed by atoms with Crippen molar-refractivity contribution in [1.82, 2.24) is 5.32 Å². The van der Waals surface area contributed by atoms with Gasteiger partial charge in [0.15, 0.2) is 0 Å². The lowest BCUT2D eigenvalue weighted by atomic mass is 9.82. The summed E-state index contributed by atoms with van der Waals surface area (Å²) in [5, 5.41) is 12.3. The van der Waals surface area contributed by atoms with Crippen molar-refractivity contribution in [3.8, 4) is 0 Å². The van der Waals surface area contributed by atoms with Crippen LogP contribution in [0.15, 0.2) is 12.2 Å². The molecule has 0 spiro atoms. The third-order valence-corrected chi connectivity index (χ3v) is 5.07. The minimum atomic E-state index is -0.827. The Labute approximate surface area is 113 Å². The fraction of sp³-hybridized carbons (Fsp3) is 0.733. The SMILES string of the molecule is CC(CNC(=O)[C@H]1C2C=CC(C2)[C@H]1C(=O)O)C1CC1. The van der Waals surface area contributed by atoms with E-state index in [0.717, 1.165) is 12.3 Å². The van der Waals surface area contributed by atoms with Crippen LogP contribution in [-0.2, 0) is 9.59 Å². The molecule has 104 valence electrons. The van der Waals surface area contributed by atoms with Gasteiger partial charge in [-0.2, -0.15) is 0 Å². The number of aliphatic carboxylic acids is 1. The van der Waals surface area contributed by atoms with Crippen LogP contribution < -0.4 is 5.32 Å². The Morgan fingerprint density at radius 1 is 1.26 bits per heavy atom. The van der Waals surface area contributed by atoms with Gasteiger partial charge in [-0.1, -0.05) is 19.1 Å². The molecular weight excluding hydrogens is 242 g/mol. The molecule has 3 unspecified atom stereocenters. The molecule has 3 aliphatic rings. The van der Waals surface area contributed by atoms with Crippen LogP contribution in [-0.4, -0.2) is 23.5 Å². The van der Waals surface area contributed by atoms with Gasteiger partial charge in [0.1, 0.15) is 0 Å². The van der Waals surface area contributed by atoms with Crippen molar-refractivity contribution < 1.29 is 14.7 Å². The minimum Gasteiger partial charge on any atom is -0.481 e. The van der Waals surface area contributed by atoms with Crippen molar-refractivity contribution in [2.24, 2.45) is 35.5 Å². The third-order valence-electron chi connectivity index (χ3n) is 5.07. The van der Waals surface area contributed by atoms with Gasteiger partial charge in [-0.25, -0.2) is 0 Å². The van der Waals surface area contributed by atoms with E-state index < -0.39 is 11.9 Å². The predicted molar refractivity (Wildman–Crippen MR) is 70.3 cm³/mol. The number of hydrogen-bond acceptors (Lipinski definition) is 2. The molecule has 0 saturated heterocycles. The summed E-state index contributed by atoms with van der Waals surface area (Å²) in [7, 11) is 0. The summed E-state index contributed by atoms with van der Waals surface area (Å²) in [6.45, 7) is 2.85. The second-order valence-electron chi connectivity index (χ2n) is 6.40. The fourth-order valence-electron chi connectivity index (χ4n) is 3.73. The van der Waals surface area contributed by atoms with E-state index in [1.54, 1.807) is 0 Å². The van der Waals surface area contributed by atoms with Gasteiger partial charge >= 0.3 is 5.97 Å². The van der Waals surface area contributed by atoms with Gasteiger partial charge < -0.3 is 10.4 Å². The Kier molecular flexibility index (Phi) is 3.11. The van der Waals surface area contributed by atoms with Crippen LogP contribution >= 0.6 is 0 Å². The summed E-state index contributed by atoms with van der Waals surface area (Å²) in [6.07, 6.45) is 7.36. The van der Waals surface area contributed by atoms with Crippen LogP contribution in [0.1, 0.15) is 26.2 Å². The van der Waals surface area contributed by atoms with Crippen LogP contribution in [0, 0.1) is 35.5 Å². The summed E-state index contributed by atoms with van der Waals surface area (Å²) in [5.74, 6) is -0.313. The zero-order chi connectivity index (χ0) is 13.6. The number of carboxylic acids is 1. The number of hydrogen-bond donors (Lipinski definition) is 2. The van der Waals surface area contributed by atoms with E-state index in [1.807, 2.05) is 12.2 Å². The monoisotopic (exact) mass is 263 g/mol. The smallest absolute Gasteiger partial charge is 0.307 e. The number of nitrogens with one attached hydrogen (secondary N) is 1. The van der Waals surface area contributed by atoms with Gasteiger partial charge in [-0.3, -0.25) is 9.59 Å². The standard InChI is InChI=1S/C15H21NO3/c1-8(9-2-3-9)7-16-14(17)12-10-4-5-11(6-10)13(12)15(18)19/h4-5,8-13H,2-3,6-7H2,1H3,(H,16,17)(H,18,19)/t8?,10?,11?,12-,13+/m0/s1. The molecule has 4 heteroatoms. The van der Waals surface area contributed by atoms with E-state index in [2.05, 4.69) is 12.2 Å². The van der Waals surface area contributed by atoms with E-state index in [9.17, 15) is 14.7 Å². The Hall–Kier alpha value is -1.32. The van der Waals surface area contributed by atoms with Crippen molar-refractivity contribution in [3.05, 3.63) is 12.2 Å². The Morgan fingerprint density at radius 3 is 2.47 bits per heavy atom. The molecule has 0 radical (unpaired) electrons. The zero-order valence-corrected chi connectivity index (χ0v) is 11.2. The molecule has 0 aliphatic heterocycles. The van der Waals surface area contributed by atoms with E-state index >= 15 is 0 Å². The predicted octanol–water partition coefficient (Wildman–Crippen LogP) is 1.67. The lowest BCUT2D eigenvalue weighted by molar-refractivity contribution is -0.147. The van der Waals surface area contributed by atoms with Gasteiger partial charge in [0.25, 0.3) is 0 Å². The molecule has 2 saturated carbocycles. The molecular formula is C15H21NO3. The van der Waals surface area contributed by atoms with Gasteiger partial charge in [-0.05, 0) is 42.9 Å². The summed E-state index contributed by atoms with van der Waals surface area (Å²) in [6, 6.07) is 0. The number of carboxylic acid groups (broad SMARTS) is 1. The molecule has 19 heavy (non-hydrogen) atoms. The molecule has 2 N–H and O–H groups in total. The largest absolute Gasteiger partial charge is 0.481 e. The molecule has 2 bridgehead atoms. The second kappa shape index (κ2) is 4.66. The van der Waals surface area contributed by atoms with Crippen molar-refractivity contribution >= 4 is 11.9 Å². The number of amides is 1. The second-order valence-corrected chi connectivity index (χ2v) is 6.40. The van der Waals surface area contributed by atoms with E-state index in [4.69, 9.17) is 0 Å². The van der Waals surface area contributed by atoms with Crippen molar-refractivity contribution in [1.29, 1.82) is 0 Å². The van der Waals surface area contributed by atoms with Crippen LogP contribution in [0.3, 0.4) is 0 Å². The number of allylic oxidation sites excluding steroid dienone is 2. The van der Waals surface area contributed by atoms with Crippen LogP contribution in [0.5, 0.6) is 0 Å². The Bertz CT molecular complexity index is 427. The molecule has 2 fully saturated rings. The Morgan fingerprint density at radius 2 is 1.89 bits per heavy atom. The zero-order valence-electron chi connectivity index (χ0n) is 11.2. The number of carbonyl (C=O) groups is 2. The topological polar surface area (TPSA) is 66.4 Å². The molecule has 0 aromatic carbocycles. The highest BCUT2D eigenvalue weighted by Gasteiger charge is 2.51. The Balaban J connectivity index is 1.61. The molecule has 3 rings (SSSR count). The first-order valence-electron chi connectivity index (χ1n) is 7.26. The van der Waals surface area contributed by atoms with Crippen molar-refractivity contribution in [3.63, 3.8) is 0 Å². The van der Waals surface area contributed by atoms with Crippen LogP contribution in [0.2, 0.25) is 0 Å². The van der Waals surface area contributed by atoms with Crippen LogP contribution in [0.4, 0.5) is 0 Å². The first-order chi connectivity index (χ1) is 9.08. The highest BCUT2D eigenvalue weighted by atomic mass is 16.4. The van der Waals surface area contributed by atoms with Crippen LogP contribution in [0.25, 0.3) is 0 Å². The number of carbonyl (C=O) groups excluding carboxylic acids is 1. The fourth-order valence-corrected chi connectivity index (χ4v) is 3.73. The summed E-state index contributed by atoms with van der Waals surface area (Å²) in [5.41, 5.74) is 0. The maximum Gasteiger partial charge on any atom is 0.307 e. The molecule has 5 atom stereocenters. The average molecular weight is 263 g/mol. The minimum absolute atomic E-state index is 0.0547. The maximum absolute atomic E-state index is 12.3. The molecule has 0 aromatic rings. The lowest BCUT2D eigenvalue weighted by Gasteiger charge is -2.24. The van der Waals surface area contributed by atoms with E-state index in [1.165, 1.54) is 12.8 Å². The van der Waals surface area contributed by atoms with Gasteiger partial charge in [0.2, 0.25) is 5.91 Å². The van der Waals surface area contributed by atoms with Gasteiger partial charge in [0.05, 0.1) is 11.8 Å². The number of rotatable bonds is 5. The molecule has 1 amide bonds. The molecule has 0 aromatic heterocycles. The highest BCUT2D eigenvalue weighted by Crippen LogP contribution is 2.48. The lowest BCUT2D eigenvalue weighted by Crippen LogP contribution is -2.41. The first kappa shape index (κ1) is 12.7. The van der Waals surface area contributed by atoms with E-state index in [0.29, 0.717) is 12.5 Å². The van der Waals surface area contributed by atoms with E-state index in [-0.39, 0.29) is 23.7 Å². The molecule has 3 aliphatic carbocycles. The van der Waals surface area contributed by atoms with Crippen molar-refractivity contribution in [2.75, 3.05) is 6.54 Å². The van der Waals surface area contributed by atoms with Gasteiger partial charge in [-0.15, -0.1) is 0 Å². The third kappa shape index (κ3) is 2.28. The molecule has 4 nitrogen and oxygen atoms in total. The quantitative estimate of drug-likeness (QED) is 0.741. The molecule has 0 heterocycles. The first-order valence-corrected chi connectivity index (χ1v) is 7.26. The van der Waals surface area contributed by atoms with Gasteiger partial charge in [0, 0.05) is 6.54 Å². The average Bonchev–Trinajstić information content (AvgIpc) is 3.04. The maximum atomic E-state index is 12.3. The summed E-state index contributed by atoms with van der Waals surface area (Å²) < 4.78 is 0.